The van der Waals surface area contributed by atoms with E-state index in [9.17, 15) is 4.79 Å². The van der Waals surface area contributed by atoms with Gasteiger partial charge < -0.3 is 10.1 Å². The van der Waals surface area contributed by atoms with E-state index >= 15 is 0 Å². The van der Waals surface area contributed by atoms with Crippen LogP contribution in [0, 0.1) is 11.3 Å². The van der Waals surface area contributed by atoms with Crippen LogP contribution in [0.5, 0.6) is 0 Å². The van der Waals surface area contributed by atoms with E-state index in [0.29, 0.717) is 32.6 Å². The molecule has 1 amide bonds. The molecule has 0 saturated carbocycles. The summed E-state index contributed by atoms with van der Waals surface area (Å²) >= 11 is 0. The van der Waals surface area contributed by atoms with Crippen LogP contribution < -0.4 is 5.32 Å². The zero-order valence-corrected chi connectivity index (χ0v) is 8.01. The van der Waals surface area contributed by atoms with E-state index < -0.39 is 0 Å². The number of hydrogen-bond donors (Lipinski definition) is 1. The smallest absolute Gasteiger partial charge is 0.220 e. The maximum atomic E-state index is 11.0. The minimum atomic E-state index is -0.00467. The number of nitrogens with one attached hydrogen (secondary N) is 1. The van der Waals surface area contributed by atoms with E-state index in [0.717, 1.165) is 6.42 Å². The van der Waals surface area contributed by atoms with Gasteiger partial charge in [0.2, 0.25) is 5.91 Å². The number of carbonyl (C=O) groups excluding carboxylic acids is 1. The third-order valence-electron chi connectivity index (χ3n) is 1.46. The molecule has 13 heavy (non-hydrogen) atoms. The summed E-state index contributed by atoms with van der Waals surface area (Å²) in [4.78, 5) is 11.0. The molecule has 74 valence electrons. The van der Waals surface area contributed by atoms with Crippen LogP contribution in [0.3, 0.4) is 0 Å². The van der Waals surface area contributed by atoms with Crippen molar-refractivity contribution in [1.29, 1.82) is 5.26 Å². The lowest BCUT2D eigenvalue weighted by atomic mass is 10.3. The lowest BCUT2D eigenvalue weighted by Crippen LogP contribution is -2.24. The lowest BCUT2D eigenvalue weighted by molar-refractivity contribution is -0.121. The predicted molar refractivity (Wildman–Crippen MR) is 49.0 cm³/mol. The Morgan fingerprint density at radius 1 is 1.62 bits per heavy atom. The molecule has 4 heteroatoms. The minimum Gasteiger partial charge on any atom is -0.382 e. The van der Waals surface area contributed by atoms with Crippen LogP contribution in [0.25, 0.3) is 0 Å². The minimum absolute atomic E-state index is 0.00467. The van der Waals surface area contributed by atoms with Crippen LogP contribution in [-0.2, 0) is 9.53 Å². The van der Waals surface area contributed by atoms with Crippen LogP contribution in [-0.4, -0.2) is 25.7 Å². The molecule has 0 saturated heterocycles. The normalized spacial score (nSPS) is 9.23. The quantitative estimate of drug-likeness (QED) is 0.596. The monoisotopic (exact) mass is 184 g/mol. The molecule has 0 aliphatic rings. The van der Waals surface area contributed by atoms with Crippen molar-refractivity contribution in [2.45, 2.75) is 26.2 Å². The molecule has 1 N–H and O–H groups in total. The molecular formula is C9H16N2O2. The van der Waals surface area contributed by atoms with Gasteiger partial charge in [0.05, 0.1) is 12.5 Å². The second-order valence-corrected chi connectivity index (χ2v) is 2.56. The van der Waals surface area contributed by atoms with Crippen molar-refractivity contribution in [3.8, 4) is 6.07 Å². The van der Waals surface area contributed by atoms with E-state index in [4.69, 9.17) is 10.00 Å². The number of hydrogen-bond acceptors (Lipinski definition) is 3. The number of nitriles is 1. The average Bonchev–Trinajstić information content (AvgIpc) is 2.13. The molecule has 0 bridgehead atoms. The Kier molecular flexibility index (Phi) is 8.26. The Morgan fingerprint density at radius 2 is 2.38 bits per heavy atom. The van der Waals surface area contributed by atoms with Crippen LogP contribution in [0.2, 0.25) is 0 Å². The summed E-state index contributed by atoms with van der Waals surface area (Å²) in [6, 6.07) is 1.96. The van der Waals surface area contributed by atoms with Gasteiger partial charge in [-0.2, -0.15) is 5.26 Å². The zero-order valence-electron chi connectivity index (χ0n) is 8.01. The van der Waals surface area contributed by atoms with Crippen molar-refractivity contribution in [3.63, 3.8) is 0 Å². The van der Waals surface area contributed by atoms with Gasteiger partial charge in [0, 0.05) is 26.2 Å². The highest BCUT2D eigenvalue weighted by molar-refractivity contribution is 5.75. The van der Waals surface area contributed by atoms with Gasteiger partial charge in [0.25, 0.3) is 0 Å². The van der Waals surface area contributed by atoms with E-state index in [1.165, 1.54) is 0 Å². The Morgan fingerprint density at radius 3 is 3.00 bits per heavy atom. The van der Waals surface area contributed by atoms with E-state index in [-0.39, 0.29) is 5.91 Å². The fourth-order valence-corrected chi connectivity index (χ4v) is 0.825. The SMILES string of the molecule is CCOCCCC(=O)NCCC#N. The Bertz CT molecular complexity index is 175. The summed E-state index contributed by atoms with van der Waals surface area (Å²) in [5.74, 6) is -0.00467. The molecule has 0 aliphatic heterocycles. The first-order valence-corrected chi connectivity index (χ1v) is 4.52. The van der Waals surface area contributed by atoms with Gasteiger partial charge in [-0.05, 0) is 13.3 Å². The van der Waals surface area contributed by atoms with Gasteiger partial charge in [0.1, 0.15) is 0 Å². The number of carbonyl (C=O) groups is 1. The van der Waals surface area contributed by atoms with Crippen LogP contribution >= 0.6 is 0 Å². The third kappa shape index (κ3) is 8.83. The fourth-order valence-electron chi connectivity index (χ4n) is 0.825. The number of amides is 1. The number of ether oxygens (including phenoxy) is 1. The molecule has 4 nitrogen and oxygen atoms in total. The molecule has 0 aromatic heterocycles. The standard InChI is InChI=1S/C9H16N2O2/c1-2-13-8-3-5-9(12)11-7-4-6-10/h2-5,7-8H2,1H3,(H,11,12). The summed E-state index contributed by atoms with van der Waals surface area (Å²) in [6.07, 6.45) is 1.59. The van der Waals surface area contributed by atoms with E-state index in [2.05, 4.69) is 5.32 Å². The molecular weight excluding hydrogens is 168 g/mol. The first-order chi connectivity index (χ1) is 6.31. The molecule has 0 aromatic carbocycles. The summed E-state index contributed by atoms with van der Waals surface area (Å²) in [5, 5.41) is 10.8. The maximum absolute atomic E-state index is 11.0. The first-order valence-electron chi connectivity index (χ1n) is 4.52. The molecule has 0 unspecified atom stereocenters. The molecule has 0 aromatic rings. The zero-order chi connectivity index (χ0) is 9.94. The largest absolute Gasteiger partial charge is 0.382 e. The highest BCUT2D eigenvalue weighted by atomic mass is 16.5. The highest BCUT2D eigenvalue weighted by Crippen LogP contribution is 1.90. The van der Waals surface area contributed by atoms with Crippen LogP contribution in [0.4, 0.5) is 0 Å². The van der Waals surface area contributed by atoms with Gasteiger partial charge in [-0.3, -0.25) is 4.79 Å². The van der Waals surface area contributed by atoms with E-state index in [1.54, 1.807) is 0 Å². The summed E-state index contributed by atoms with van der Waals surface area (Å²) in [5.41, 5.74) is 0. The maximum Gasteiger partial charge on any atom is 0.220 e. The summed E-state index contributed by atoms with van der Waals surface area (Å²) in [7, 11) is 0. The number of rotatable bonds is 7. The Labute approximate surface area is 78.9 Å². The van der Waals surface area contributed by atoms with Gasteiger partial charge in [0.15, 0.2) is 0 Å². The first kappa shape index (κ1) is 11.9. The van der Waals surface area contributed by atoms with Crippen molar-refractivity contribution >= 4 is 5.91 Å². The molecule has 0 heterocycles. The summed E-state index contributed by atoms with van der Waals surface area (Å²) < 4.78 is 5.08. The molecule has 0 radical (unpaired) electrons. The molecule has 0 atom stereocenters. The van der Waals surface area contributed by atoms with Crippen molar-refractivity contribution in [3.05, 3.63) is 0 Å². The third-order valence-corrected chi connectivity index (χ3v) is 1.46. The van der Waals surface area contributed by atoms with Gasteiger partial charge in [-0.25, -0.2) is 0 Å². The Hall–Kier alpha value is -1.08. The highest BCUT2D eigenvalue weighted by Gasteiger charge is 1.98. The predicted octanol–water partition coefficient (Wildman–Crippen LogP) is 0.833. The van der Waals surface area contributed by atoms with Crippen LogP contribution in [0.1, 0.15) is 26.2 Å². The second-order valence-electron chi connectivity index (χ2n) is 2.56. The molecule has 0 fully saturated rings. The average molecular weight is 184 g/mol. The van der Waals surface area contributed by atoms with Gasteiger partial charge in [-0.15, -0.1) is 0 Å². The van der Waals surface area contributed by atoms with Crippen molar-refractivity contribution in [1.82, 2.24) is 5.32 Å². The van der Waals surface area contributed by atoms with Crippen molar-refractivity contribution < 1.29 is 9.53 Å². The van der Waals surface area contributed by atoms with Gasteiger partial charge >= 0.3 is 0 Å². The van der Waals surface area contributed by atoms with E-state index in [1.807, 2.05) is 13.0 Å². The fraction of sp³-hybridized carbons (Fsp3) is 0.778. The molecule has 0 aliphatic carbocycles. The van der Waals surface area contributed by atoms with Crippen LogP contribution in [0.15, 0.2) is 0 Å². The molecule has 0 rings (SSSR count). The van der Waals surface area contributed by atoms with Crippen molar-refractivity contribution in [2.24, 2.45) is 0 Å². The van der Waals surface area contributed by atoms with Gasteiger partial charge in [-0.1, -0.05) is 0 Å². The second kappa shape index (κ2) is 9.01. The summed E-state index contributed by atoms with van der Waals surface area (Å²) in [6.45, 7) is 3.69. The molecule has 0 spiro atoms. The van der Waals surface area contributed by atoms with Crippen molar-refractivity contribution in [2.75, 3.05) is 19.8 Å². The number of nitrogens with zero attached hydrogens (tertiary/aromatic N) is 1. The topological polar surface area (TPSA) is 62.1 Å². The Balaban J connectivity index is 3.16. The lowest BCUT2D eigenvalue weighted by Gasteiger charge is -2.02.